The van der Waals surface area contributed by atoms with Crippen molar-refractivity contribution in [2.24, 2.45) is 11.8 Å². The lowest BCUT2D eigenvalue weighted by Crippen LogP contribution is -2.36. The number of hydrogen-bond donors (Lipinski definition) is 2. The molecule has 2 N–H and O–H groups in total. The van der Waals surface area contributed by atoms with Crippen molar-refractivity contribution in [3.8, 4) is 0 Å². The fourth-order valence-electron chi connectivity index (χ4n) is 2.67. The summed E-state index contributed by atoms with van der Waals surface area (Å²) in [7, 11) is -3.09. The Kier molecular flexibility index (Phi) is 7.95. The molecule has 1 fully saturated rings. The first-order chi connectivity index (χ1) is 9.07. The van der Waals surface area contributed by atoms with Gasteiger partial charge in [-0.3, -0.25) is 0 Å². The van der Waals surface area contributed by atoms with Crippen LogP contribution >= 0.6 is 0 Å². The summed E-state index contributed by atoms with van der Waals surface area (Å²) in [4.78, 5) is 0. The molecule has 114 valence electrons. The monoisotopic (exact) mass is 290 g/mol. The summed E-state index contributed by atoms with van der Waals surface area (Å²) < 4.78 is 26.4. The molecule has 0 aromatic carbocycles. The van der Waals surface area contributed by atoms with E-state index in [0.29, 0.717) is 19.0 Å². The second kappa shape index (κ2) is 8.93. The van der Waals surface area contributed by atoms with Crippen molar-refractivity contribution in [2.75, 3.05) is 25.4 Å². The van der Waals surface area contributed by atoms with Crippen molar-refractivity contribution >= 4 is 10.0 Å². The molecule has 0 aromatic rings. The highest BCUT2D eigenvalue weighted by atomic mass is 32.2. The molecule has 1 aliphatic rings. The van der Waals surface area contributed by atoms with Gasteiger partial charge in [0, 0.05) is 13.1 Å². The van der Waals surface area contributed by atoms with E-state index in [0.717, 1.165) is 18.9 Å². The molecule has 1 aliphatic carbocycles. The summed E-state index contributed by atoms with van der Waals surface area (Å²) in [5.74, 6) is 1.60. The van der Waals surface area contributed by atoms with E-state index in [1.165, 1.54) is 32.1 Å². The van der Waals surface area contributed by atoms with Crippen LogP contribution in [0.1, 0.15) is 52.4 Å². The number of nitrogens with one attached hydrogen (secondary N) is 2. The SMILES string of the molecule is CCCNCCS(=O)(=O)NCC1CCC(CC)CC1. The lowest BCUT2D eigenvalue weighted by atomic mass is 9.81. The molecule has 0 aromatic heterocycles. The van der Waals surface area contributed by atoms with E-state index in [9.17, 15) is 8.42 Å². The number of sulfonamides is 1. The maximum atomic E-state index is 11.8. The Morgan fingerprint density at radius 3 is 2.21 bits per heavy atom. The predicted octanol–water partition coefficient (Wildman–Crippen LogP) is 2.12. The van der Waals surface area contributed by atoms with Gasteiger partial charge in [-0.1, -0.05) is 33.1 Å². The van der Waals surface area contributed by atoms with Crippen LogP contribution in [0.2, 0.25) is 0 Å². The van der Waals surface area contributed by atoms with Crippen LogP contribution in [-0.4, -0.2) is 33.8 Å². The molecule has 0 bridgehead atoms. The van der Waals surface area contributed by atoms with E-state index in [1.54, 1.807) is 0 Å². The van der Waals surface area contributed by atoms with Gasteiger partial charge in [-0.05, 0) is 37.6 Å². The third kappa shape index (κ3) is 7.28. The fraction of sp³-hybridized carbons (Fsp3) is 1.00. The summed E-state index contributed by atoms with van der Waals surface area (Å²) >= 11 is 0. The zero-order valence-electron chi connectivity index (χ0n) is 12.5. The van der Waals surface area contributed by atoms with Crippen LogP contribution in [-0.2, 0) is 10.0 Å². The van der Waals surface area contributed by atoms with Gasteiger partial charge in [0.2, 0.25) is 10.0 Å². The second-order valence-corrected chi connectivity index (χ2v) is 7.64. The van der Waals surface area contributed by atoms with Gasteiger partial charge in [-0.2, -0.15) is 0 Å². The van der Waals surface area contributed by atoms with Crippen molar-refractivity contribution in [3.63, 3.8) is 0 Å². The smallest absolute Gasteiger partial charge is 0.212 e. The molecule has 19 heavy (non-hydrogen) atoms. The summed E-state index contributed by atoms with van der Waals surface area (Å²) in [6.07, 6.45) is 7.18. The van der Waals surface area contributed by atoms with Crippen LogP contribution in [0.4, 0.5) is 0 Å². The molecule has 0 atom stereocenters. The Hall–Kier alpha value is -0.130. The Morgan fingerprint density at radius 1 is 1.00 bits per heavy atom. The number of hydrogen-bond acceptors (Lipinski definition) is 3. The minimum atomic E-state index is -3.09. The van der Waals surface area contributed by atoms with E-state index in [4.69, 9.17) is 0 Å². The highest BCUT2D eigenvalue weighted by Gasteiger charge is 2.21. The number of rotatable bonds is 9. The largest absolute Gasteiger partial charge is 0.316 e. The molecule has 5 heteroatoms. The third-order valence-electron chi connectivity index (χ3n) is 4.11. The van der Waals surface area contributed by atoms with Crippen molar-refractivity contribution in [1.82, 2.24) is 10.0 Å². The van der Waals surface area contributed by atoms with Gasteiger partial charge >= 0.3 is 0 Å². The molecule has 0 heterocycles. The first-order valence-corrected chi connectivity index (χ1v) is 9.40. The van der Waals surface area contributed by atoms with Crippen LogP contribution in [0, 0.1) is 11.8 Å². The molecule has 1 rings (SSSR count). The van der Waals surface area contributed by atoms with Crippen molar-refractivity contribution in [1.29, 1.82) is 0 Å². The van der Waals surface area contributed by atoms with E-state index >= 15 is 0 Å². The molecule has 1 saturated carbocycles. The Labute approximate surface area is 118 Å². The summed E-state index contributed by atoms with van der Waals surface area (Å²) in [5, 5.41) is 3.12. The topological polar surface area (TPSA) is 58.2 Å². The Bertz CT molecular complexity index is 322. The van der Waals surface area contributed by atoms with Crippen molar-refractivity contribution in [2.45, 2.75) is 52.4 Å². The average Bonchev–Trinajstić information content (AvgIpc) is 2.42. The van der Waals surface area contributed by atoms with E-state index in [1.807, 2.05) is 0 Å². The average molecular weight is 290 g/mol. The molecule has 0 radical (unpaired) electrons. The normalized spacial score (nSPS) is 24.5. The molecule has 0 unspecified atom stereocenters. The third-order valence-corrected chi connectivity index (χ3v) is 5.46. The van der Waals surface area contributed by atoms with Crippen LogP contribution in [0.15, 0.2) is 0 Å². The van der Waals surface area contributed by atoms with Crippen LogP contribution in [0.3, 0.4) is 0 Å². The lowest BCUT2D eigenvalue weighted by Gasteiger charge is -2.27. The van der Waals surface area contributed by atoms with Crippen LogP contribution in [0.5, 0.6) is 0 Å². The standard InChI is InChI=1S/C14H30N2O2S/c1-3-9-15-10-11-19(17,18)16-12-14-7-5-13(4-2)6-8-14/h13-16H,3-12H2,1-2H3. The highest BCUT2D eigenvalue weighted by molar-refractivity contribution is 7.89. The summed E-state index contributed by atoms with van der Waals surface area (Å²) in [5.41, 5.74) is 0. The van der Waals surface area contributed by atoms with Crippen LogP contribution in [0.25, 0.3) is 0 Å². The molecule has 0 aliphatic heterocycles. The maximum absolute atomic E-state index is 11.8. The maximum Gasteiger partial charge on any atom is 0.212 e. The van der Waals surface area contributed by atoms with E-state index < -0.39 is 10.0 Å². The minimum Gasteiger partial charge on any atom is -0.316 e. The second-order valence-electron chi connectivity index (χ2n) is 5.71. The van der Waals surface area contributed by atoms with Gasteiger partial charge in [0.25, 0.3) is 0 Å². The quantitative estimate of drug-likeness (QED) is 0.640. The van der Waals surface area contributed by atoms with Crippen molar-refractivity contribution in [3.05, 3.63) is 0 Å². The van der Waals surface area contributed by atoms with Gasteiger partial charge in [0.1, 0.15) is 0 Å². The first-order valence-electron chi connectivity index (χ1n) is 7.75. The summed E-state index contributed by atoms with van der Waals surface area (Å²) in [6, 6.07) is 0. The Balaban J connectivity index is 2.17. The van der Waals surface area contributed by atoms with Gasteiger partial charge in [0.05, 0.1) is 5.75 Å². The lowest BCUT2D eigenvalue weighted by molar-refractivity contribution is 0.270. The highest BCUT2D eigenvalue weighted by Crippen LogP contribution is 2.30. The van der Waals surface area contributed by atoms with Crippen LogP contribution < -0.4 is 10.0 Å². The minimum absolute atomic E-state index is 0.192. The van der Waals surface area contributed by atoms with Gasteiger partial charge in [0.15, 0.2) is 0 Å². The zero-order chi connectivity index (χ0) is 14.1. The van der Waals surface area contributed by atoms with E-state index in [-0.39, 0.29) is 5.75 Å². The molecule has 4 nitrogen and oxygen atoms in total. The zero-order valence-corrected chi connectivity index (χ0v) is 13.3. The first kappa shape index (κ1) is 16.9. The molecule has 0 spiro atoms. The molecule has 0 saturated heterocycles. The molecular formula is C14H30N2O2S. The Morgan fingerprint density at radius 2 is 1.63 bits per heavy atom. The molecular weight excluding hydrogens is 260 g/mol. The molecule has 0 amide bonds. The predicted molar refractivity (Wildman–Crippen MR) is 80.7 cm³/mol. The summed E-state index contributed by atoms with van der Waals surface area (Å²) in [6.45, 7) is 6.39. The van der Waals surface area contributed by atoms with Gasteiger partial charge in [-0.25, -0.2) is 13.1 Å². The van der Waals surface area contributed by atoms with E-state index in [2.05, 4.69) is 23.9 Å². The van der Waals surface area contributed by atoms with Gasteiger partial charge < -0.3 is 5.32 Å². The van der Waals surface area contributed by atoms with Gasteiger partial charge in [-0.15, -0.1) is 0 Å². The fourth-order valence-corrected chi connectivity index (χ4v) is 3.72. The van der Waals surface area contributed by atoms with Crippen molar-refractivity contribution < 1.29 is 8.42 Å².